The van der Waals surface area contributed by atoms with Crippen LogP contribution in [0.2, 0.25) is 0 Å². The minimum Gasteiger partial charge on any atom is -0.481 e. The van der Waals surface area contributed by atoms with Crippen molar-refractivity contribution in [3.8, 4) is 0 Å². The molecule has 82 valence electrons. The number of halogens is 2. The first-order chi connectivity index (χ1) is 6.93. The number of anilines is 1. The quantitative estimate of drug-likeness (QED) is 0.689. The van der Waals surface area contributed by atoms with Crippen LogP contribution in [0.25, 0.3) is 0 Å². The second kappa shape index (κ2) is 4.07. The zero-order valence-corrected chi connectivity index (χ0v) is 7.46. The summed E-state index contributed by atoms with van der Waals surface area (Å²) >= 11 is 0. The summed E-state index contributed by atoms with van der Waals surface area (Å²) in [6.07, 6.45) is -2.74. The van der Waals surface area contributed by atoms with Gasteiger partial charge < -0.3 is 15.8 Å². The molecule has 0 fully saturated rings. The van der Waals surface area contributed by atoms with E-state index in [0.717, 1.165) is 6.20 Å². The number of rotatable bonds is 3. The van der Waals surface area contributed by atoms with E-state index >= 15 is 0 Å². The van der Waals surface area contributed by atoms with Gasteiger partial charge in [0.2, 0.25) is 0 Å². The maximum Gasteiger partial charge on any atom is 0.307 e. The first-order valence-electron chi connectivity index (χ1n) is 3.93. The molecule has 4 N–H and O–H groups in total. The highest BCUT2D eigenvalue weighted by Crippen LogP contribution is 2.23. The largest absolute Gasteiger partial charge is 0.481 e. The SMILES string of the molecule is Nc1c[nH]c(=O)c(C(F)F)c1CC(=O)O. The maximum atomic E-state index is 12.5. The van der Waals surface area contributed by atoms with E-state index in [2.05, 4.69) is 0 Å². The molecule has 0 spiro atoms. The molecule has 0 amide bonds. The van der Waals surface area contributed by atoms with Gasteiger partial charge in [0, 0.05) is 11.8 Å². The highest BCUT2D eigenvalue weighted by atomic mass is 19.3. The summed E-state index contributed by atoms with van der Waals surface area (Å²) in [5.74, 6) is -1.32. The number of hydrogen-bond donors (Lipinski definition) is 3. The summed E-state index contributed by atoms with van der Waals surface area (Å²) in [6, 6.07) is 0. The van der Waals surface area contributed by atoms with E-state index in [1.807, 2.05) is 4.98 Å². The van der Waals surface area contributed by atoms with Crippen LogP contribution in [0, 0.1) is 0 Å². The Balaban J connectivity index is 3.38. The standard InChI is InChI=1S/C8H8F2N2O3/c9-7(10)6-3(1-5(13)14)4(11)2-12-8(6)15/h2,7H,1,11H2,(H,12,15)(H,13,14). The number of carboxylic acids is 1. The average molecular weight is 218 g/mol. The van der Waals surface area contributed by atoms with Gasteiger partial charge in [0.15, 0.2) is 0 Å². The van der Waals surface area contributed by atoms with E-state index in [1.54, 1.807) is 0 Å². The molecule has 0 aliphatic carbocycles. The number of H-pyrrole nitrogens is 1. The van der Waals surface area contributed by atoms with Crippen molar-refractivity contribution < 1.29 is 18.7 Å². The smallest absolute Gasteiger partial charge is 0.307 e. The Bertz CT molecular complexity index is 442. The predicted octanol–water partition coefficient (Wildman–Crippen LogP) is 0.522. The number of aliphatic carboxylic acids is 1. The molecule has 0 saturated heterocycles. The fraction of sp³-hybridized carbons (Fsp3) is 0.250. The first-order valence-corrected chi connectivity index (χ1v) is 3.93. The van der Waals surface area contributed by atoms with E-state index in [4.69, 9.17) is 10.8 Å². The second-order valence-electron chi connectivity index (χ2n) is 2.84. The van der Waals surface area contributed by atoms with E-state index in [1.165, 1.54) is 0 Å². The molecule has 1 heterocycles. The molecule has 0 aromatic carbocycles. The van der Waals surface area contributed by atoms with Gasteiger partial charge in [0.05, 0.1) is 17.7 Å². The first kappa shape index (κ1) is 11.2. The fourth-order valence-corrected chi connectivity index (χ4v) is 1.18. The highest BCUT2D eigenvalue weighted by Gasteiger charge is 2.21. The Morgan fingerprint density at radius 1 is 1.60 bits per heavy atom. The molecule has 1 rings (SSSR count). The lowest BCUT2D eigenvalue weighted by molar-refractivity contribution is -0.136. The van der Waals surface area contributed by atoms with E-state index in [-0.39, 0.29) is 11.3 Å². The van der Waals surface area contributed by atoms with Crippen molar-refractivity contribution in [1.82, 2.24) is 4.98 Å². The zero-order chi connectivity index (χ0) is 11.6. The maximum absolute atomic E-state index is 12.5. The van der Waals surface area contributed by atoms with Gasteiger partial charge in [0.25, 0.3) is 12.0 Å². The van der Waals surface area contributed by atoms with Crippen molar-refractivity contribution in [2.24, 2.45) is 0 Å². The van der Waals surface area contributed by atoms with Gasteiger partial charge in [-0.2, -0.15) is 0 Å². The van der Waals surface area contributed by atoms with Gasteiger partial charge in [-0.1, -0.05) is 0 Å². The molecule has 15 heavy (non-hydrogen) atoms. The minimum atomic E-state index is -3.05. The molecule has 0 saturated carbocycles. The minimum absolute atomic E-state index is 0.160. The third kappa shape index (κ3) is 2.30. The summed E-state index contributed by atoms with van der Waals surface area (Å²) in [7, 11) is 0. The van der Waals surface area contributed by atoms with Crippen molar-refractivity contribution in [2.75, 3.05) is 5.73 Å². The van der Waals surface area contributed by atoms with Gasteiger partial charge in [-0.25, -0.2) is 8.78 Å². The number of nitrogens with two attached hydrogens (primary N) is 1. The van der Waals surface area contributed by atoms with Gasteiger partial charge >= 0.3 is 5.97 Å². The normalized spacial score (nSPS) is 10.6. The van der Waals surface area contributed by atoms with Crippen LogP contribution in [0.4, 0.5) is 14.5 Å². The molecule has 1 aromatic heterocycles. The number of pyridine rings is 1. The van der Waals surface area contributed by atoms with Gasteiger partial charge in [0.1, 0.15) is 0 Å². The molecule has 0 aliphatic rings. The number of nitrogens with one attached hydrogen (secondary N) is 1. The number of aromatic nitrogens is 1. The number of carboxylic acid groups (broad SMARTS) is 1. The number of carbonyl (C=O) groups is 1. The van der Waals surface area contributed by atoms with Crippen LogP contribution < -0.4 is 11.3 Å². The average Bonchev–Trinajstić information content (AvgIpc) is 2.10. The van der Waals surface area contributed by atoms with Crippen molar-refractivity contribution in [2.45, 2.75) is 12.8 Å². The van der Waals surface area contributed by atoms with Gasteiger partial charge in [-0.3, -0.25) is 9.59 Å². The molecule has 0 aliphatic heterocycles. The highest BCUT2D eigenvalue weighted by molar-refractivity contribution is 5.73. The Morgan fingerprint density at radius 3 is 2.67 bits per heavy atom. The lowest BCUT2D eigenvalue weighted by Crippen LogP contribution is -2.19. The van der Waals surface area contributed by atoms with Crippen LogP contribution in [0.1, 0.15) is 17.6 Å². The topological polar surface area (TPSA) is 96.2 Å². The number of nitrogen functional groups attached to an aromatic ring is 1. The van der Waals surface area contributed by atoms with Crippen LogP contribution in [0.5, 0.6) is 0 Å². The van der Waals surface area contributed by atoms with E-state index in [0.29, 0.717) is 0 Å². The summed E-state index contributed by atoms with van der Waals surface area (Å²) in [5, 5.41) is 8.48. The van der Waals surface area contributed by atoms with Crippen LogP contribution in [0.3, 0.4) is 0 Å². The van der Waals surface area contributed by atoms with Crippen molar-refractivity contribution in [3.05, 3.63) is 27.7 Å². The molecule has 5 nitrogen and oxygen atoms in total. The lowest BCUT2D eigenvalue weighted by atomic mass is 10.1. The van der Waals surface area contributed by atoms with Crippen LogP contribution >= 0.6 is 0 Å². The molecular formula is C8H8F2N2O3. The lowest BCUT2D eigenvalue weighted by Gasteiger charge is -2.08. The number of alkyl halides is 2. The third-order valence-electron chi connectivity index (χ3n) is 1.82. The second-order valence-corrected chi connectivity index (χ2v) is 2.84. The van der Waals surface area contributed by atoms with Crippen LogP contribution in [-0.2, 0) is 11.2 Å². The molecule has 0 unspecified atom stereocenters. The zero-order valence-electron chi connectivity index (χ0n) is 7.46. The van der Waals surface area contributed by atoms with Gasteiger partial charge in [-0.15, -0.1) is 0 Å². The Morgan fingerprint density at radius 2 is 2.20 bits per heavy atom. The predicted molar refractivity (Wildman–Crippen MR) is 47.8 cm³/mol. The third-order valence-corrected chi connectivity index (χ3v) is 1.82. The van der Waals surface area contributed by atoms with Crippen molar-refractivity contribution in [3.63, 3.8) is 0 Å². The Kier molecular flexibility index (Phi) is 3.03. The van der Waals surface area contributed by atoms with Crippen LogP contribution in [0.15, 0.2) is 11.0 Å². The van der Waals surface area contributed by atoms with E-state index in [9.17, 15) is 18.4 Å². The van der Waals surface area contributed by atoms with Crippen molar-refractivity contribution >= 4 is 11.7 Å². The van der Waals surface area contributed by atoms with Crippen molar-refractivity contribution in [1.29, 1.82) is 0 Å². The summed E-state index contributed by atoms with van der Waals surface area (Å²) in [6.45, 7) is 0. The Hall–Kier alpha value is -1.92. The monoisotopic (exact) mass is 218 g/mol. The molecule has 1 aromatic rings. The molecule has 0 bridgehead atoms. The fourth-order valence-electron chi connectivity index (χ4n) is 1.18. The molecule has 0 radical (unpaired) electrons. The molecule has 0 atom stereocenters. The Labute approximate surface area is 82.5 Å². The number of hydrogen-bond acceptors (Lipinski definition) is 3. The van der Waals surface area contributed by atoms with Crippen LogP contribution in [-0.4, -0.2) is 16.1 Å². The molecular weight excluding hydrogens is 210 g/mol. The number of aromatic amines is 1. The molecule has 7 heteroatoms. The summed E-state index contributed by atoms with van der Waals surface area (Å²) in [5.41, 5.74) is 2.92. The summed E-state index contributed by atoms with van der Waals surface area (Å²) < 4.78 is 24.9. The van der Waals surface area contributed by atoms with Gasteiger partial charge in [-0.05, 0) is 0 Å². The van der Waals surface area contributed by atoms with E-state index < -0.39 is 29.9 Å². The summed E-state index contributed by atoms with van der Waals surface area (Å²) in [4.78, 5) is 23.4.